The zero-order chi connectivity index (χ0) is 16.1. The number of hydrogen-bond donors (Lipinski definition) is 0. The van der Waals surface area contributed by atoms with Gasteiger partial charge in [-0.2, -0.15) is 0 Å². The molecule has 0 spiro atoms. The van der Waals surface area contributed by atoms with Gasteiger partial charge in [0.1, 0.15) is 0 Å². The van der Waals surface area contributed by atoms with Gasteiger partial charge in [-0.25, -0.2) is 0 Å². The van der Waals surface area contributed by atoms with Gasteiger partial charge in [-0.05, 0) is 71.4 Å². The molecule has 0 radical (unpaired) electrons. The highest BCUT2D eigenvalue weighted by molar-refractivity contribution is 5.82. The molecule has 5 rings (SSSR count). The second-order valence-corrected chi connectivity index (χ2v) is 7.44. The maximum atomic E-state index is 2.34. The van der Waals surface area contributed by atoms with Gasteiger partial charge in [0.25, 0.3) is 0 Å². The second kappa shape index (κ2) is 5.34. The molecule has 2 atom stereocenters. The van der Waals surface area contributed by atoms with Crippen molar-refractivity contribution in [3.8, 4) is 22.3 Å². The molecular formula is C24H22. The highest BCUT2D eigenvalue weighted by atomic mass is 14.4. The van der Waals surface area contributed by atoms with Gasteiger partial charge in [-0.15, -0.1) is 0 Å². The van der Waals surface area contributed by atoms with Crippen LogP contribution in [0.2, 0.25) is 0 Å². The van der Waals surface area contributed by atoms with Crippen LogP contribution in [0.5, 0.6) is 0 Å². The standard InChI is InChI=1S/C24H22/c1-16-9-11-17(12-10-16)21-7-4-8-23-20-6-3-2-5-18(20)15-19-13-14-22(19)24(21)23/h2-12,19,22H,13-15H2,1H3. The van der Waals surface area contributed by atoms with E-state index < -0.39 is 0 Å². The van der Waals surface area contributed by atoms with Crippen LogP contribution in [0.4, 0.5) is 0 Å². The zero-order valence-corrected chi connectivity index (χ0v) is 14.1. The predicted molar refractivity (Wildman–Crippen MR) is 101 cm³/mol. The fraction of sp³-hybridized carbons (Fsp3) is 0.250. The molecule has 24 heavy (non-hydrogen) atoms. The van der Waals surface area contributed by atoms with E-state index in [1.165, 1.54) is 52.6 Å². The lowest BCUT2D eigenvalue weighted by Gasteiger charge is -2.37. The van der Waals surface area contributed by atoms with Crippen molar-refractivity contribution < 1.29 is 0 Å². The molecule has 0 N–H and O–H groups in total. The van der Waals surface area contributed by atoms with Crippen molar-refractivity contribution in [2.75, 3.05) is 0 Å². The summed E-state index contributed by atoms with van der Waals surface area (Å²) in [5, 5.41) is 0. The maximum Gasteiger partial charge on any atom is -0.0118 e. The van der Waals surface area contributed by atoms with Crippen molar-refractivity contribution >= 4 is 0 Å². The van der Waals surface area contributed by atoms with E-state index in [2.05, 4.69) is 73.7 Å². The molecule has 2 aliphatic rings. The smallest absolute Gasteiger partial charge is 0.0118 e. The number of benzene rings is 3. The van der Waals surface area contributed by atoms with Crippen LogP contribution in [0.15, 0.2) is 66.7 Å². The van der Waals surface area contributed by atoms with Crippen LogP contribution in [-0.2, 0) is 6.42 Å². The Kier molecular flexibility index (Phi) is 3.13. The minimum absolute atomic E-state index is 0.727. The summed E-state index contributed by atoms with van der Waals surface area (Å²) in [6.45, 7) is 2.16. The van der Waals surface area contributed by atoms with Gasteiger partial charge in [0.2, 0.25) is 0 Å². The summed E-state index contributed by atoms with van der Waals surface area (Å²) in [5.41, 5.74) is 10.2. The van der Waals surface area contributed by atoms with Crippen molar-refractivity contribution in [1.82, 2.24) is 0 Å². The Morgan fingerprint density at radius 3 is 2.25 bits per heavy atom. The molecule has 0 saturated heterocycles. The second-order valence-electron chi connectivity index (χ2n) is 7.44. The maximum absolute atomic E-state index is 2.34. The molecule has 2 unspecified atom stereocenters. The van der Waals surface area contributed by atoms with Gasteiger partial charge in [-0.3, -0.25) is 0 Å². The number of fused-ring (bicyclic) bond motifs is 5. The predicted octanol–water partition coefficient (Wildman–Crippen LogP) is 6.38. The molecule has 0 amide bonds. The summed E-state index contributed by atoms with van der Waals surface area (Å²) in [7, 11) is 0. The molecule has 0 heteroatoms. The highest BCUT2D eigenvalue weighted by Crippen LogP contribution is 2.53. The van der Waals surface area contributed by atoms with Crippen molar-refractivity contribution in [1.29, 1.82) is 0 Å². The molecule has 0 aromatic heterocycles. The van der Waals surface area contributed by atoms with E-state index in [4.69, 9.17) is 0 Å². The lowest BCUT2D eigenvalue weighted by molar-refractivity contribution is 0.257. The Labute approximate surface area is 144 Å². The third kappa shape index (κ3) is 2.06. The molecule has 0 nitrogen and oxygen atoms in total. The zero-order valence-electron chi connectivity index (χ0n) is 14.1. The quantitative estimate of drug-likeness (QED) is 0.489. The van der Waals surface area contributed by atoms with Crippen molar-refractivity contribution in [3.63, 3.8) is 0 Å². The van der Waals surface area contributed by atoms with Gasteiger partial charge >= 0.3 is 0 Å². The van der Waals surface area contributed by atoms with E-state index in [9.17, 15) is 0 Å². The molecule has 1 fully saturated rings. The molecule has 2 aliphatic carbocycles. The Balaban J connectivity index is 1.78. The molecular weight excluding hydrogens is 288 g/mol. The van der Waals surface area contributed by atoms with Crippen LogP contribution in [-0.4, -0.2) is 0 Å². The average molecular weight is 310 g/mol. The van der Waals surface area contributed by atoms with Gasteiger partial charge in [0, 0.05) is 0 Å². The Morgan fingerprint density at radius 2 is 1.46 bits per heavy atom. The van der Waals surface area contributed by atoms with Gasteiger partial charge < -0.3 is 0 Å². The fourth-order valence-electron chi connectivity index (χ4n) is 4.62. The highest BCUT2D eigenvalue weighted by Gasteiger charge is 2.37. The Morgan fingerprint density at radius 1 is 0.708 bits per heavy atom. The van der Waals surface area contributed by atoms with E-state index in [1.54, 1.807) is 5.56 Å². The van der Waals surface area contributed by atoms with E-state index >= 15 is 0 Å². The summed E-state index contributed by atoms with van der Waals surface area (Å²) < 4.78 is 0. The topological polar surface area (TPSA) is 0 Å². The normalized spacial score (nSPS) is 21.0. The van der Waals surface area contributed by atoms with Crippen LogP contribution < -0.4 is 0 Å². The molecule has 1 saturated carbocycles. The Hall–Kier alpha value is -2.34. The summed E-state index contributed by atoms with van der Waals surface area (Å²) in [5.74, 6) is 1.55. The van der Waals surface area contributed by atoms with E-state index in [-0.39, 0.29) is 0 Å². The first kappa shape index (κ1) is 14.0. The van der Waals surface area contributed by atoms with Crippen molar-refractivity contribution in [2.24, 2.45) is 5.92 Å². The average Bonchev–Trinajstić information content (AvgIpc) is 2.69. The van der Waals surface area contributed by atoms with Crippen LogP contribution in [0.25, 0.3) is 22.3 Å². The lowest BCUT2D eigenvalue weighted by atomic mass is 9.67. The van der Waals surface area contributed by atoms with Crippen molar-refractivity contribution in [2.45, 2.75) is 32.1 Å². The molecule has 0 aliphatic heterocycles. The molecule has 3 aromatic carbocycles. The van der Waals surface area contributed by atoms with Crippen LogP contribution in [0.3, 0.4) is 0 Å². The van der Waals surface area contributed by atoms with E-state index in [0.29, 0.717) is 0 Å². The van der Waals surface area contributed by atoms with Crippen molar-refractivity contribution in [3.05, 3.63) is 83.4 Å². The third-order valence-corrected chi connectivity index (χ3v) is 6.05. The lowest BCUT2D eigenvalue weighted by Crippen LogP contribution is -2.25. The van der Waals surface area contributed by atoms with Crippen LogP contribution >= 0.6 is 0 Å². The fourth-order valence-corrected chi connectivity index (χ4v) is 4.62. The Bertz CT molecular complexity index is 902. The molecule has 118 valence electrons. The largest absolute Gasteiger partial charge is 0.0620 e. The van der Waals surface area contributed by atoms with E-state index in [1.807, 2.05) is 0 Å². The van der Waals surface area contributed by atoms with Crippen LogP contribution in [0.1, 0.15) is 35.4 Å². The number of rotatable bonds is 1. The summed E-state index contributed by atoms with van der Waals surface area (Å²) in [6, 6.07) is 25.0. The minimum Gasteiger partial charge on any atom is -0.0620 e. The summed E-state index contributed by atoms with van der Waals surface area (Å²) >= 11 is 0. The number of aryl methyl sites for hydroxylation is 1. The SMILES string of the molecule is Cc1ccc(-c2cccc3c2C2CCC2Cc2ccccc2-3)cc1. The van der Waals surface area contributed by atoms with Crippen LogP contribution in [0, 0.1) is 12.8 Å². The first-order valence-corrected chi connectivity index (χ1v) is 9.09. The monoisotopic (exact) mass is 310 g/mol. The first-order chi connectivity index (χ1) is 11.8. The summed E-state index contributed by atoms with van der Waals surface area (Å²) in [4.78, 5) is 0. The molecule has 0 heterocycles. The number of hydrogen-bond acceptors (Lipinski definition) is 0. The van der Waals surface area contributed by atoms with Gasteiger partial charge in [0.05, 0.1) is 0 Å². The third-order valence-electron chi connectivity index (χ3n) is 6.05. The minimum atomic E-state index is 0.727. The van der Waals surface area contributed by atoms with E-state index in [0.717, 1.165) is 11.8 Å². The van der Waals surface area contributed by atoms with Gasteiger partial charge in [0.15, 0.2) is 0 Å². The summed E-state index contributed by atoms with van der Waals surface area (Å²) in [6.07, 6.45) is 3.96. The molecule has 3 aromatic rings. The first-order valence-electron chi connectivity index (χ1n) is 9.09. The van der Waals surface area contributed by atoms with Gasteiger partial charge in [-0.1, -0.05) is 72.3 Å². The molecule has 0 bridgehead atoms.